The van der Waals surface area contributed by atoms with Crippen molar-refractivity contribution < 1.29 is 9.21 Å². The smallest absolute Gasteiger partial charge is 0.273 e. The van der Waals surface area contributed by atoms with Gasteiger partial charge in [0.05, 0.1) is 0 Å². The Labute approximate surface area is 124 Å². The zero-order chi connectivity index (χ0) is 14.8. The van der Waals surface area contributed by atoms with E-state index >= 15 is 0 Å². The molecule has 0 unspecified atom stereocenters. The number of fused-ring (bicyclic) bond motifs is 1. The first-order valence-corrected chi connectivity index (χ1v) is 7.46. The molecule has 0 bridgehead atoms. The van der Waals surface area contributed by atoms with Gasteiger partial charge < -0.3 is 9.73 Å². The molecular formula is C17H20N2O2. The van der Waals surface area contributed by atoms with Gasteiger partial charge in [-0.15, -0.1) is 0 Å². The molecule has 3 rings (SSSR count). The molecule has 0 saturated carbocycles. The van der Waals surface area contributed by atoms with E-state index in [4.69, 9.17) is 4.42 Å². The first-order chi connectivity index (χ1) is 10.1. The summed E-state index contributed by atoms with van der Waals surface area (Å²) in [4.78, 5) is 16.4. The number of aryl methyl sites for hydroxylation is 1. The van der Waals surface area contributed by atoms with Gasteiger partial charge in [0.2, 0.25) is 0 Å². The van der Waals surface area contributed by atoms with Crippen LogP contribution in [-0.4, -0.2) is 16.9 Å². The molecule has 21 heavy (non-hydrogen) atoms. The van der Waals surface area contributed by atoms with E-state index in [9.17, 15) is 4.79 Å². The zero-order valence-electron chi connectivity index (χ0n) is 12.4. The van der Waals surface area contributed by atoms with Gasteiger partial charge in [-0.05, 0) is 30.4 Å². The predicted molar refractivity (Wildman–Crippen MR) is 80.3 cm³/mol. The van der Waals surface area contributed by atoms with Crippen LogP contribution in [0.2, 0.25) is 0 Å². The first-order valence-electron chi connectivity index (χ1n) is 7.46. The fourth-order valence-electron chi connectivity index (χ4n) is 2.91. The van der Waals surface area contributed by atoms with Gasteiger partial charge in [0, 0.05) is 12.0 Å². The van der Waals surface area contributed by atoms with Crippen molar-refractivity contribution in [1.82, 2.24) is 10.3 Å². The number of hydrogen-bond donors (Lipinski definition) is 1. The third-order valence-electron chi connectivity index (χ3n) is 4.02. The Hall–Kier alpha value is -2.10. The number of nitrogens with one attached hydrogen (secondary N) is 1. The number of benzene rings is 1. The molecule has 1 atom stereocenters. The van der Waals surface area contributed by atoms with Crippen molar-refractivity contribution >= 4 is 5.91 Å². The van der Waals surface area contributed by atoms with Crippen LogP contribution in [0.25, 0.3) is 0 Å². The van der Waals surface area contributed by atoms with E-state index in [2.05, 4.69) is 34.6 Å². The summed E-state index contributed by atoms with van der Waals surface area (Å²) in [7, 11) is 0. The molecule has 4 nitrogen and oxygen atoms in total. The number of amides is 1. The minimum absolute atomic E-state index is 0.128. The number of rotatable bonds is 3. The third kappa shape index (κ3) is 2.84. The molecule has 0 saturated heterocycles. The minimum Gasteiger partial charge on any atom is -0.447 e. The molecule has 1 aromatic heterocycles. The number of carbonyl (C=O) groups excluding carboxylic acids is 1. The highest BCUT2D eigenvalue weighted by Gasteiger charge is 2.24. The Morgan fingerprint density at radius 2 is 2.10 bits per heavy atom. The second kappa shape index (κ2) is 5.72. The monoisotopic (exact) mass is 284 g/mol. The van der Waals surface area contributed by atoms with Crippen LogP contribution < -0.4 is 5.32 Å². The minimum atomic E-state index is -0.128. The molecular weight excluding hydrogens is 264 g/mol. The SMILES string of the molecule is CC(C)c1ocnc1C(=O)N[C@H]1CCc2ccccc2C1. The summed E-state index contributed by atoms with van der Waals surface area (Å²) in [5.41, 5.74) is 3.15. The van der Waals surface area contributed by atoms with Crippen molar-refractivity contribution in [2.24, 2.45) is 0 Å². The number of aromatic nitrogens is 1. The van der Waals surface area contributed by atoms with Crippen LogP contribution in [0.5, 0.6) is 0 Å². The summed E-state index contributed by atoms with van der Waals surface area (Å²) in [6.07, 6.45) is 4.21. The summed E-state index contributed by atoms with van der Waals surface area (Å²) in [6.45, 7) is 3.99. The van der Waals surface area contributed by atoms with Crippen LogP contribution in [0.15, 0.2) is 35.1 Å². The predicted octanol–water partition coefficient (Wildman–Crippen LogP) is 3.09. The molecule has 0 aliphatic heterocycles. The van der Waals surface area contributed by atoms with Crippen molar-refractivity contribution in [3.05, 3.63) is 53.2 Å². The molecule has 110 valence electrons. The maximum Gasteiger partial charge on any atom is 0.273 e. The van der Waals surface area contributed by atoms with E-state index in [0.717, 1.165) is 19.3 Å². The largest absolute Gasteiger partial charge is 0.447 e. The van der Waals surface area contributed by atoms with E-state index in [0.29, 0.717) is 11.5 Å². The second-order valence-electron chi connectivity index (χ2n) is 5.90. The number of hydrogen-bond acceptors (Lipinski definition) is 3. The van der Waals surface area contributed by atoms with E-state index in [1.54, 1.807) is 0 Å². The van der Waals surface area contributed by atoms with E-state index in [-0.39, 0.29) is 17.9 Å². The fraction of sp³-hybridized carbons (Fsp3) is 0.412. The van der Waals surface area contributed by atoms with Crippen molar-refractivity contribution in [1.29, 1.82) is 0 Å². The summed E-state index contributed by atoms with van der Waals surface area (Å²) < 4.78 is 5.32. The molecule has 1 amide bonds. The Bertz CT molecular complexity index is 646. The van der Waals surface area contributed by atoms with Crippen LogP contribution in [0.1, 0.15) is 53.6 Å². The Kier molecular flexibility index (Phi) is 3.78. The summed E-state index contributed by atoms with van der Waals surface area (Å²) in [5, 5.41) is 3.10. The van der Waals surface area contributed by atoms with Gasteiger partial charge in [-0.2, -0.15) is 0 Å². The zero-order valence-corrected chi connectivity index (χ0v) is 12.4. The lowest BCUT2D eigenvalue weighted by Crippen LogP contribution is -2.39. The topological polar surface area (TPSA) is 55.1 Å². The average Bonchev–Trinajstić information content (AvgIpc) is 2.97. The van der Waals surface area contributed by atoms with Gasteiger partial charge in [-0.25, -0.2) is 4.98 Å². The van der Waals surface area contributed by atoms with Gasteiger partial charge in [0.25, 0.3) is 5.91 Å². The number of nitrogens with zero attached hydrogens (tertiary/aromatic N) is 1. The van der Waals surface area contributed by atoms with E-state index < -0.39 is 0 Å². The molecule has 4 heteroatoms. The third-order valence-corrected chi connectivity index (χ3v) is 4.02. The average molecular weight is 284 g/mol. The molecule has 0 fully saturated rings. The molecule has 2 aromatic rings. The van der Waals surface area contributed by atoms with Crippen LogP contribution in [0.4, 0.5) is 0 Å². The highest BCUT2D eigenvalue weighted by atomic mass is 16.3. The fourth-order valence-corrected chi connectivity index (χ4v) is 2.91. The maximum atomic E-state index is 12.4. The number of oxazole rings is 1. The summed E-state index contributed by atoms with van der Waals surface area (Å²) >= 11 is 0. The highest BCUT2D eigenvalue weighted by Crippen LogP contribution is 2.22. The van der Waals surface area contributed by atoms with E-state index in [1.807, 2.05) is 13.8 Å². The molecule has 1 N–H and O–H groups in total. The van der Waals surface area contributed by atoms with Gasteiger partial charge in [-0.3, -0.25) is 4.79 Å². The van der Waals surface area contributed by atoms with Gasteiger partial charge in [0.1, 0.15) is 5.76 Å². The van der Waals surface area contributed by atoms with Crippen molar-refractivity contribution in [2.75, 3.05) is 0 Å². The van der Waals surface area contributed by atoms with Crippen LogP contribution in [-0.2, 0) is 12.8 Å². The number of carbonyl (C=O) groups is 1. The summed E-state index contributed by atoms with van der Waals surface area (Å²) in [5.74, 6) is 0.681. The molecule has 0 radical (unpaired) electrons. The lowest BCUT2D eigenvalue weighted by Gasteiger charge is -2.25. The van der Waals surface area contributed by atoms with Gasteiger partial charge in [-0.1, -0.05) is 38.1 Å². The quantitative estimate of drug-likeness (QED) is 0.942. The Balaban J connectivity index is 1.70. The molecule has 1 aliphatic carbocycles. The highest BCUT2D eigenvalue weighted by molar-refractivity contribution is 5.93. The van der Waals surface area contributed by atoms with E-state index in [1.165, 1.54) is 17.5 Å². The standard InChI is InChI=1S/C17H20N2O2/c1-11(2)16-15(18-10-21-16)17(20)19-14-8-7-12-5-3-4-6-13(12)9-14/h3-6,10-11,14H,7-9H2,1-2H3,(H,19,20)/t14-/m0/s1. The normalized spacial score (nSPS) is 17.6. The van der Waals surface area contributed by atoms with Crippen LogP contribution in [0.3, 0.4) is 0 Å². The van der Waals surface area contributed by atoms with Crippen molar-refractivity contribution in [3.63, 3.8) is 0 Å². The molecule has 0 spiro atoms. The summed E-state index contributed by atoms with van der Waals surface area (Å²) in [6, 6.07) is 8.61. The molecule has 1 heterocycles. The van der Waals surface area contributed by atoms with Crippen molar-refractivity contribution in [2.45, 2.75) is 45.1 Å². The maximum absolute atomic E-state index is 12.4. The van der Waals surface area contributed by atoms with Gasteiger partial charge in [0.15, 0.2) is 12.1 Å². The lowest BCUT2D eigenvalue weighted by molar-refractivity contribution is 0.0926. The van der Waals surface area contributed by atoms with Crippen LogP contribution in [0, 0.1) is 0 Å². The second-order valence-corrected chi connectivity index (χ2v) is 5.90. The molecule has 1 aromatic carbocycles. The van der Waals surface area contributed by atoms with Crippen molar-refractivity contribution in [3.8, 4) is 0 Å². The van der Waals surface area contributed by atoms with Crippen LogP contribution >= 0.6 is 0 Å². The lowest BCUT2D eigenvalue weighted by atomic mass is 9.88. The Morgan fingerprint density at radius 1 is 1.33 bits per heavy atom. The first kappa shape index (κ1) is 13.9. The van der Waals surface area contributed by atoms with Gasteiger partial charge >= 0.3 is 0 Å². The Morgan fingerprint density at radius 3 is 2.86 bits per heavy atom. The molecule has 1 aliphatic rings.